The van der Waals surface area contributed by atoms with Gasteiger partial charge >= 0.3 is 0 Å². The summed E-state index contributed by atoms with van der Waals surface area (Å²) in [4.78, 5) is 13.9. The first-order valence-electron chi connectivity index (χ1n) is 5.38. The second-order valence-electron chi connectivity index (χ2n) is 3.62. The van der Waals surface area contributed by atoms with Gasteiger partial charge in [-0.05, 0) is 6.07 Å². The molecule has 7 heteroatoms. The van der Waals surface area contributed by atoms with Crippen molar-refractivity contribution in [2.45, 2.75) is 10.8 Å². The standard InChI is InChI=1S/C12H8ClN3OS2/c13-10-3-11(18-6-9-4-14-7-19-9)16-12(15-10)8-1-2-17-5-8/h1-5,7H,6H2. The molecular formula is C12H8ClN3OS2. The predicted molar refractivity (Wildman–Crippen MR) is 76.4 cm³/mol. The van der Waals surface area contributed by atoms with Crippen molar-refractivity contribution < 1.29 is 4.42 Å². The SMILES string of the molecule is Clc1cc(SCc2cncs2)nc(-c2ccoc2)n1. The Morgan fingerprint density at radius 2 is 2.32 bits per heavy atom. The maximum atomic E-state index is 6.02. The fourth-order valence-corrected chi connectivity index (χ4v) is 3.24. The highest BCUT2D eigenvalue weighted by atomic mass is 35.5. The first-order valence-corrected chi connectivity index (χ1v) is 7.63. The van der Waals surface area contributed by atoms with Gasteiger partial charge in [-0.3, -0.25) is 4.98 Å². The van der Waals surface area contributed by atoms with Gasteiger partial charge in [-0.1, -0.05) is 11.6 Å². The maximum absolute atomic E-state index is 6.02. The zero-order valence-corrected chi connectivity index (χ0v) is 12.0. The Labute approximate surface area is 122 Å². The second-order valence-corrected chi connectivity index (χ2v) is 5.97. The van der Waals surface area contributed by atoms with E-state index in [1.165, 1.54) is 4.88 Å². The molecule has 0 aliphatic heterocycles. The third kappa shape index (κ3) is 3.15. The smallest absolute Gasteiger partial charge is 0.165 e. The van der Waals surface area contributed by atoms with Gasteiger partial charge in [0.25, 0.3) is 0 Å². The highest BCUT2D eigenvalue weighted by molar-refractivity contribution is 7.98. The molecule has 0 aromatic carbocycles. The fourth-order valence-electron chi connectivity index (χ4n) is 1.45. The molecule has 0 unspecified atom stereocenters. The average Bonchev–Trinajstić information content (AvgIpc) is 3.09. The molecule has 0 aliphatic rings. The topological polar surface area (TPSA) is 51.8 Å². The van der Waals surface area contributed by atoms with Crippen LogP contribution in [0.3, 0.4) is 0 Å². The number of aromatic nitrogens is 3. The Morgan fingerprint density at radius 3 is 3.05 bits per heavy atom. The molecule has 0 N–H and O–H groups in total. The minimum Gasteiger partial charge on any atom is -0.472 e. The van der Waals surface area contributed by atoms with E-state index in [0.717, 1.165) is 16.3 Å². The van der Waals surface area contributed by atoms with E-state index < -0.39 is 0 Å². The van der Waals surface area contributed by atoms with Crippen LogP contribution in [0.4, 0.5) is 0 Å². The van der Waals surface area contributed by atoms with Crippen LogP contribution in [-0.2, 0) is 5.75 Å². The van der Waals surface area contributed by atoms with Crippen molar-refractivity contribution in [2.24, 2.45) is 0 Å². The average molecular weight is 310 g/mol. The molecule has 4 nitrogen and oxygen atoms in total. The van der Waals surface area contributed by atoms with Crippen LogP contribution in [0.15, 0.2) is 45.8 Å². The van der Waals surface area contributed by atoms with Crippen LogP contribution in [-0.4, -0.2) is 15.0 Å². The summed E-state index contributed by atoms with van der Waals surface area (Å²) in [7, 11) is 0. The van der Waals surface area contributed by atoms with E-state index in [4.69, 9.17) is 16.0 Å². The Bertz CT molecular complexity index is 656. The Morgan fingerprint density at radius 1 is 1.37 bits per heavy atom. The quantitative estimate of drug-likeness (QED) is 0.535. The van der Waals surface area contributed by atoms with Crippen LogP contribution in [0.5, 0.6) is 0 Å². The molecule has 0 spiro atoms. The molecule has 0 aliphatic carbocycles. The van der Waals surface area contributed by atoms with Crippen molar-refractivity contribution in [3.8, 4) is 11.4 Å². The third-order valence-corrected chi connectivity index (χ3v) is 4.41. The number of rotatable bonds is 4. The third-order valence-electron chi connectivity index (χ3n) is 2.30. The monoisotopic (exact) mass is 309 g/mol. The summed E-state index contributed by atoms with van der Waals surface area (Å²) in [5.74, 6) is 1.40. The number of hydrogen-bond donors (Lipinski definition) is 0. The highest BCUT2D eigenvalue weighted by Crippen LogP contribution is 2.27. The van der Waals surface area contributed by atoms with Crippen LogP contribution < -0.4 is 0 Å². The van der Waals surface area contributed by atoms with Crippen LogP contribution >= 0.6 is 34.7 Å². The minimum absolute atomic E-state index is 0.429. The van der Waals surface area contributed by atoms with Crippen molar-refractivity contribution >= 4 is 34.7 Å². The molecule has 0 bridgehead atoms. The normalized spacial score (nSPS) is 10.8. The van der Waals surface area contributed by atoms with Gasteiger partial charge in [0.05, 0.1) is 17.3 Å². The van der Waals surface area contributed by atoms with E-state index in [9.17, 15) is 0 Å². The van der Waals surface area contributed by atoms with Gasteiger partial charge in [0, 0.05) is 22.9 Å². The number of hydrogen-bond acceptors (Lipinski definition) is 6. The number of halogens is 1. The summed E-state index contributed by atoms with van der Waals surface area (Å²) in [5.41, 5.74) is 2.64. The van der Waals surface area contributed by atoms with Crippen LogP contribution in [0.1, 0.15) is 4.88 Å². The molecule has 3 aromatic heterocycles. The number of nitrogens with zero attached hydrogens (tertiary/aromatic N) is 3. The first kappa shape index (κ1) is 12.7. The Kier molecular flexibility index (Phi) is 3.82. The van der Waals surface area contributed by atoms with Crippen molar-refractivity contribution in [2.75, 3.05) is 0 Å². The van der Waals surface area contributed by atoms with E-state index in [2.05, 4.69) is 15.0 Å². The molecular weight excluding hydrogens is 302 g/mol. The molecule has 0 saturated carbocycles. The minimum atomic E-state index is 0.429. The summed E-state index contributed by atoms with van der Waals surface area (Å²) in [6, 6.07) is 3.57. The molecule has 0 atom stereocenters. The van der Waals surface area contributed by atoms with Gasteiger partial charge in [-0.25, -0.2) is 9.97 Å². The maximum Gasteiger partial charge on any atom is 0.165 e. The largest absolute Gasteiger partial charge is 0.472 e. The van der Waals surface area contributed by atoms with E-state index in [-0.39, 0.29) is 0 Å². The van der Waals surface area contributed by atoms with Crippen molar-refractivity contribution in [1.29, 1.82) is 0 Å². The van der Waals surface area contributed by atoms with Gasteiger partial charge in [-0.2, -0.15) is 0 Å². The van der Waals surface area contributed by atoms with Gasteiger partial charge in [0.2, 0.25) is 0 Å². The zero-order chi connectivity index (χ0) is 13.1. The number of thioether (sulfide) groups is 1. The van der Waals surface area contributed by atoms with Gasteiger partial charge in [-0.15, -0.1) is 23.1 Å². The molecule has 3 heterocycles. The number of thiazole rings is 1. The highest BCUT2D eigenvalue weighted by Gasteiger charge is 2.08. The molecule has 0 radical (unpaired) electrons. The van der Waals surface area contributed by atoms with Crippen LogP contribution in [0, 0.1) is 0 Å². The summed E-state index contributed by atoms with van der Waals surface area (Å²) in [6.07, 6.45) is 5.05. The lowest BCUT2D eigenvalue weighted by Crippen LogP contribution is -1.91. The summed E-state index contributed by atoms with van der Waals surface area (Å²) in [6.45, 7) is 0. The van der Waals surface area contributed by atoms with Crippen molar-refractivity contribution in [3.63, 3.8) is 0 Å². The summed E-state index contributed by atoms with van der Waals surface area (Å²) in [5, 5.41) is 1.27. The predicted octanol–water partition coefficient (Wildman–Crippen LogP) is 4.14. The Balaban J connectivity index is 1.82. The van der Waals surface area contributed by atoms with E-state index in [0.29, 0.717) is 11.0 Å². The van der Waals surface area contributed by atoms with E-state index in [1.54, 1.807) is 41.7 Å². The van der Waals surface area contributed by atoms with Crippen molar-refractivity contribution in [1.82, 2.24) is 15.0 Å². The van der Waals surface area contributed by atoms with E-state index in [1.807, 2.05) is 17.8 Å². The molecule has 3 aromatic rings. The second kappa shape index (κ2) is 5.73. The molecule has 0 saturated heterocycles. The summed E-state index contributed by atoms with van der Waals surface area (Å²) >= 11 is 9.26. The lowest BCUT2D eigenvalue weighted by atomic mass is 10.3. The molecule has 96 valence electrons. The summed E-state index contributed by atoms with van der Waals surface area (Å²) < 4.78 is 5.03. The molecule has 0 fully saturated rings. The van der Waals surface area contributed by atoms with Crippen molar-refractivity contribution in [3.05, 3.63) is 46.4 Å². The molecule has 3 rings (SSSR count). The zero-order valence-electron chi connectivity index (χ0n) is 9.62. The molecule has 19 heavy (non-hydrogen) atoms. The van der Waals surface area contributed by atoms with Crippen LogP contribution in [0.25, 0.3) is 11.4 Å². The molecule has 0 amide bonds. The lowest BCUT2D eigenvalue weighted by Gasteiger charge is -2.02. The lowest BCUT2D eigenvalue weighted by molar-refractivity contribution is 0.568. The van der Waals surface area contributed by atoms with Gasteiger partial charge in [0.15, 0.2) is 5.82 Å². The van der Waals surface area contributed by atoms with E-state index >= 15 is 0 Å². The van der Waals surface area contributed by atoms with Gasteiger partial charge < -0.3 is 4.42 Å². The fraction of sp³-hybridized carbons (Fsp3) is 0.0833. The Hall–Kier alpha value is -1.37. The van der Waals surface area contributed by atoms with Crippen LogP contribution in [0.2, 0.25) is 5.15 Å². The van der Waals surface area contributed by atoms with Gasteiger partial charge in [0.1, 0.15) is 16.4 Å². The number of furan rings is 1. The first-order chi connectivity index (χ1) is 9.31.